The van der Waals surface area contributed by atoms with Crippen LogP contribution >= 0.6 is 0 Å². The van der Waals surface area contributed by atoms with E-state index in [1.165, 1.54) is 6.20 Å². The van der Waals surface area contributed by atoms with Gasteiger partial charge in [-0.15, -0.1) is 0 Å². The third-order valence-corrected chi connectivity index (χ3v) is 6.16. The number of carbonyl (C=O) groups excluding carboxylic acids is 1. The van der Waals surface area contributed by atoms with Crippen molar-refractivity contribution in [2.24, 2.45) is 5.73 Å². The lowest BCUT2D eigenvalue weighted by Gasteiger charge is -2.16. The van der Waals surface area contributed by atoms with Crippen LogP contribution in [0.15, 0.2) is 6.20 Å². The third kappa shape index (κ3) is 3.21. The summed E-state index contributed by atoms with van der Waals surface area (Å²) < 4.78 is 23.0. The molecule has 2 aliphatic rings. The van der Waals surface area contributed by atoms with Crippen LogP contribution in [0.25, 0.3) is 0 Å². The fourth-order valence-corrected chi connectivity index (χ4v) is 4.93. The van der Waals surface area contributed by atoms with Gasteiger partial charge in [-0.25, -0.2) is 18.4 Å². The van der Waals surface area contributed by atoms with E-state index in [9.17, 15) is 13.2 Å². The van der Waals surface area contributed by atoms with Crippen molar-refractivity contribution in [2.45, 2.75) is 44.1 Å². The molecule has 1 aromatic rings. The SMILES string of the molecule is NC(=O)c1cnc(NC2CCS(=O)(=O)C2)nc1C1CCCC1. The van der Waals surface area contributed by atoms with Crippen LogP contribution in [0.4, 0.5) is 5.95 Å². The van der Waals surface area contributed by atoms with Crippen LogP contribution in [0.3, 0.4) is 0 Å². The number of hydrogen-bond donors (Lipinski definition) is 2. The van der Waals surface area contributed by atoms with Crippen LogP contribution in [0.2, 0.25) is 0 Å². The molecule has 2 fully saturated rings. The Hall–Kier alpha value is -1.70. The second-order valence-electron chi connectivity index (χ2n) is 6.08. The zero-order valence-corrected chi connectivity index (χ0v) is 13.1. The summed E-state index contributed by atoms with van der Waals surface area (Å²) in [5.74, 6) is 0.399. The Bertz CT molecular complexity index is 683. The fraction of sp³-hybridized carbons (Fsp3) is 0.643. The number of rotatable bonds is 4. The first-order valence-electron chi connectivity index (χ1n) is 7.58. The predicted molar refractivity (Wildman–Crippen MR) is 82.4 cm³/mol. The zero-order valence-electron chi connectivity index (χ0n) is 12.3. The largest absolute Gasteiger partial charge is 0.365 e. The maximum atomic E-state index is 11.6. The number of nitrogens with one attached hydrogen (secondary N) is 1. The molecule has 1 atom stereocenters. The Morgan fingerprint density at radius 2 is 2.00 bits per heavy atom. The summed E-state index contributed by atoms with van der Waals surface area (Å²) in [4.78, 5) is 20.2. The van der Waals surface area contributed by atoms with Crippen LogP contribution in [0.1, 0.15) is 54.1 Å². The summed E-state index contributed by atoms with van der Waals surface area (Å²) in [5, 5.41) is 3.07. The van der Waals surface area contributed by atoms with Gasteiger partial charge in [0.25, 0.3) is 5.91 Å². The first-order valence-corrected chi connectivity index (χ1v) is 9.40. The van der Waals surface area contributed by atoms with Gasteiger partial charge in [0.05, 0.1) is 22.8 Å². The van der Waals surface area contributed by atoms with E-state index >= 15 is 0 Å². The van der Waals surface area contributed by atoms with E-state index in [1.807, 2.05) is 0 Å². The number of anilines is 1. The van der Waals surface area contributed by atoms with E-state index in [0.717, 1.165) is 25.7 Å². The molecule has 1 saturated carbocycles. The number of hydrogen-bond acceptors (Lipinski definition) is 6. The molecular formula is C14H20N4O3S. The molecule has 0 spiro atoms. The maximum Gasteiger partial charge on any atom is 0.252 e. The number of nitrogens with two attached hydrogens (primary N) is 1. The van der Waals surface area contributed by atoms with Crippen molar-refractivity contribution in [1.29, 1.82) is 0 Å². The highest BCUT2D eigenvalue weighted by atomic mass is 32.2. The molecule has 0 bridgehead atoms. The van der Waals surface area contributed by atoms with Gasteiger partial charge in [0.2, 0.25) is 5.95 Å². The highest BCUT2D eigenvalue weighted by Gasteiger charge is 2.29. The molecule has 0 aromatic carbocycles. The summed E-state index contributed by atoms with van der Waals surface area (Å²) in [7, 11) is -2.96. The third-order valence-electron chi connectivity index (χ3n) is 4.39. The average Bonchev–Trinajstić information content (AvgIpc) is 3.08. The molecule has 8 heteroatoms. The van der Waals surface area contributed by atoms with Gasteiger partial charge in [-0.05, 0) is 19.3 Å². The Kier molecular flexibility index (Phi) is 4.03. The summed E-state index contributed by atoms with van der Waals surface area (Å²) in [5.41, 5.74) is 6.48. The normalized spacial score (nSPS) is 24.5. The Morgan fingerprint density at radius 1 is 1.27 bits per heavy atom. The van der Waals surface area contributed by atoms with E-state index in [1.54, 1.807) is 0 Å². The van der Waals surface area contributed by atoms with Crippen molar-refractivity contribution >= 4 is 21.7 Å². The van der Waals surface area contributed by atoms with Crippen molar-refractivity contribution in [3.63, 3.8) is 0 Å². The smallest absolute Gasteiger partial charge is 0.252 e. The Labute approximate surface area is 129 Å². The monoisotopic (exact) mass is 324 g/mol. The fourth-order valence-electron chi connectivity index (χ4n) is 3.26. The molecule has 3 N–H and O–H groups in total. The quantitative estimate of drug-likeness (QED) is 0.847. The molecule has 1 aliphatic heterocycles. The van der Waals surface area contributed by atoms with Gasteiger partial charge in [-0.3, -0.25) is 4.79 Å². The number of amides is 1. The van der Waals surface area contributed by atoms with Crippen LogP contribution in [-0.4, -0.2) is 41.8 Å². The van der Waals surface area contributed by atoms with Gasteiger partial charge in [-0.1, -0.05) is 12.8 Å². The first kappa shape index (κ1) is 15.2. The average molecular weight is 324 g/mol. The number of sulfone groups is 1. The number of primary amides is 1. The summed E-state index contributed by atoms with van der Waals surface area (Å²) in [6.07, 6.45) is 6.24. The van der Waals surface area contributed by atoms with E-state index in [4.69, 9.17) is 5.73 Å². The highest BCUT2D eigenvalue weighted by Crippen LogP contribution is 2.35. The van der Waals surface area contributed by atoms with Crippen molar-refractivity contribution < 1.29 is 13.2 Å². The van der Waals surface area contributed by atoms with Crippen molar-refractivity contribution in [3.05, 3.63) is 17.5 Å². The Balaban J connectivity index is 1.83. The molecule has 1 unspecified atom stereocenters. The molecule has 3 rings (SSSR count). The van der Waals surface area contributed by atoms with Gasteiger partial charge in [0.1, 0.15) is 0 Å². The molecule has 22 heavy (non-hydrogen) atoms. The minimum atomic E-state index is -2.96. The minimum Gasteiger partial charge on any atom is -0.365 e. The lowest BCUT2D eigenvalue weighted by Crippen LogP contribution is -2.24. The van der Waals surface area contributed by atoms with E-state index in [2.05, 4.69) is 15.3 Å². The van der Waals surface area contributed by atoms with Crippen LogP contribution in [-0.2, 0) is 9.84 Å². The van der Waals surface area contributed by atoms with Crippen molar-refractivity contribution in [1.82, 2.24) is 9.97 Å². The van der Waals surface area contributed by atoms with Gasteiger partial charge in [0, 0.05) is 18.2 Å². The lowest BCUT2D eigenvalue weighted by molar-refractivity contribution is 0.0998. The van der Waals surface area contributed by atoms with Crippen LogP contribution in [0, 0.1) is 0 Å². The lowest BCUT2D eigenvalue weighted by atomic mass is 9.99. The van der Waals surface area contributed by atoms with E-state index in [0.29, 0.717) is 23.6 Å². The molecule has 1 amide bonds. The predicted octanol–water partition coefficient (Wildman–Crippen LogP) is 0.832. The topological polar surface area (TPSA) is 115 Å². The Morgan fingerprint density at radius 3 is 2.59 bits per heavy atom. The molecular weight excluding hydrogens is 304 g/mol. The standard InChI is InChI=1S/C14H20N4O3S/c15-13(19)11-7-16-14(17-10-5-6-22(20,21)8-10)18-12(11)9-3-1-2-4-9/h7,9-10H,1-6,8H2,(H2,15,19)(H,16,17,18). The summed E-state index contributed by atoms with van der Waals surface area (Å²) in [6.45, 7) is 0. The molecule has 7 nitrogen and oxygen atoms in total. The van der Waals surface area contributed by atoms with Gasteiger partial charge in [0.15, 0.2) is 9.84 Å². The zero-order chi connectivity index (χ0) is 15.7. The summed E-state index contributed by atoms with van der Waals surface area (Å²) >= 11 is 0. The van der Waals surface area contributed by atoms with Crippen molar-refractivity contribution in [3.8, 4) is 0 Å². The minimum absolute atomic E-state index is 0.104. The van der Waals surface area contributed by atoms with Crippen LogP contribution in [0.5, 0.6) is 0 Å². The van der Waals surface area contributed by atoms with E-state index < -0.39 is 15.7 Å². The molecule has 120 valence electrons. The van der Waals surface area contributed by atoms with Gasteiger partial charge in [-0.2, -0.15) is 0 Å². The van der Waals surface area contributed by atoms with Gasteiger partial charge >= 0.3 is 0 Å². The molecule has 0 radical (unpaired) electrons. The molecule has 1 saturated heterocycles. The first-order chi connectivity index (χ1) is 10.4. The maximum absolute atomic E-state index is 11.6. The molecule has 2 heterocycles. The number of nitrogens with zero attached hydrogens (tertiary/aromatic N) is 2. The van der Waals surface area contributed by atoms with Gasteiger partial charge < -0.3 is 11.1 Å². The number of carbonyl (C=O) groups is 1. The second kappa shape index (κ2) is 5.83. The second-order valence-corrected chi connectivity index (χ2v) is 8.31. The summed E-state index contributed by atoms with van der Waals surface area (Å²) in [6, 6.07) is -0.166. The van der Waals surface area contributed by atoms with Crippen LogP contribution < -0.4 is 11.1 Å². The van der Waals surface area contributed by atoms with E-state index in [-0.39, 0.29) is 23.5 Å². The molecule has 1 aliphatic carbocycles. The molecule has 1 aromatic heterocycles. The highest BCUT2D eigenvalue weighted by molar-refractivity contribution is 7.91. The number of aromatic nitrogens is 2. The van der Waals surface area contributed by atoms with Crippen molar-refractivity contribution in [2.75, 3.05) is 16.8 Å².